The molecule has 0 saturated heterocycles. The van der Waals surface area contributed by atoms with Crippen molar-refractivity contribution in [1.29, 1.82) is 0 Å². The van der Waals surface area contributed by atoms with Gasteiger partial charge in [0.2, 0.25) is 0 Å². The van der Waals surface area contributed by atoms with E-state index in [1.165, 1.54) is 0 Å². The van der Waals surface area contributed by atoms with Crippen molar-refractivity contribution >= 4 is 8.32 Å². The van der Waals surface area contributed by atoms with Gasteiger partial charge in [0.1, 0.15) is 0 Å². The number of hydrogen-bond acceptors (Lipinski definition) is 4. The Morgan fingerprint density at radius 3 is 1.53 bits per heavy atom. The second kappa shape index (κ2) is 7.69. The molecule has 0 aliphatic rings. The molecule has 0 aliphatic carbocycles. The summed E-state index contributed by atoms with van der Waals surface area (Å²) in [4.78, 5) is 0. The Kier molecular flexibility index (Phi) is 8.00. The van der Waals surface area contributed by atoms with Crippen molar-refractivity contribution in [2.45, 2.75) is 84.5 Å². The fourth-order valence-electron chi connectivity index (χ4n) is 2.95. The van der Waals surface area contributed by atoms with E-state index in [2.05, 4.69) is 41.5 Å². The fraction of sp³-hybridized carbons (Fsp3) is 1.00. The van der Waals surface area contributed by atoms with Crippen LogP contribution in [0.25, 0.3) is 0 Å². The van der Waals surface area contributed by atoms with Crippen molar-refractivity contribution in [1.82, 2.24) is 0 Å². The first-order valence-corrected chi connectivity index (χ1v) is 12.1. The quantitative estimate of drug-likeness (QED) is 0.666. The molecule has 0 spiro atoms. The van der Waals surface area contributed by atoms with Crippen LogP contribution in [0.4, 0.5) is 0 Å². The summed E-state index contributed by atoms with van der Waals surface area (Å²) < 4.78 is 31.9. The van der Waals surface area contributed by atoms with Crippen LogP contribution in [0, 0.1) is 0 Å². The van der Waals surface area contributed by atoms with E-state index in [-0.39, 0.29) is 6.10 Å². The second-order valence-corrected chi connectivity index (χ2v) is 14.7. The van der Waals surface area contributed by atoms with Crippen LogP contribution in [0.15, 0.2) is 0 Å². The fourth-order valence-corrected chi connectivity index (χ4v) is 14.9. The average Bonchev–Trinajstić information content (AvgIpc) is 2.23. The van der Waals surface area contributed by atoms with Gasteiger partial charge in [0.05, 0.1) is 0 Å². The van der Waals surface area contributed by atoms with Gasteiger partial charge in [-0.05, 0) is 0 Å². The molecule has 0 radical (unpaired) electrons. The molecule has 0 saturated carbocycles. The van der Waals surface area contributed by atoms with Gasteiger partial charge in [-0.15, -0.1) is 0 Å². The molecule has 0 aromatic rings. The SMILES string of the molecule is CCC(C)[O][Ti]([OH])([OH])[O][Si](C(C)C)(C(C)C)C(C)C. The normalized spacial score (nSPS) is 15.6. The maximum atomic E-state index is 10.2. The second-order valence-electron chi connectivity index (χ2n) is 6.30. The van der Waals surface area contributed by atoms with Crippen LogP contribution in [0.3, 0.4) is 0 Å². The third-order valence-electron chi connectivity index (χ3n) is 3.95. The minimum atomic E-state index is -4.60. The third kappa shape index (κ3) is 5.23. The topological polar surface area (TPSA) is 58.9 Å². The summed E-state index contributed by atoms with van der Waals surface area (Å²) >= 11 is -4.60. The van der Waals surface area contributed by atoms with Crippen molar-refractivity contribution < 1.29 is 31.8 Å². The van der Waals surface area contributed by atoms with Crippen molar-refractivity contribution in [3.05, 3.63) is 0 Å². The first-order chi connectivity index (χ1) is 8.49. The van der Waals surface area contributed by atoms with Gasteiger partial charge in [-0.1, -0.05) is 0 Å². The first kappa shape index (κ1) is 19.8. The summed E-state index contributed by atoms with van der Waals surface area (Å²) in [5.74, 6) is 0. The minimum absolute atomic E-state index is 0.173. The predicted octanol–water partition coefficient (Wildman–Crippen LogP) is 3.79. The summed E-state index contributed by atoms with van der Waals surface area (Å²) in [6, 6.07) is 0. The molecule has 0 aliphatic heterocycles. The Bertz CT molecular complexity index is 248. The predicted molar refractivity (Wildman–Crippen MR) is 77.4 cm³/mol. The van der Waals surface area contributed by atoms with Crippen LogP contribution in [0.5, 0.6) is 0 Å². The van der Waals surface area contributed by atoms with Crippen molar-refractivity contribution in [2.75, 3.05) is 0 Å². The van der Waals surface area contributed by atoms with Crippen LogP contribution in [0.1, 0.15) is 61.8 Å². The number of rotatable bonds is 8. The van der Waals surface area contributed by atoms with Crippen LogP contribution in [-0.2, 0) is 24.5 Å². The van der Waals surface area contributed by atoms with E-state index in [9.17, 15) is 7.38 Å². The third-order valence-corrected chi connectivity index (χ3v) is 14.0. The number of hydrogen-bond donors (Lipinski definition) is 2. The zero-order valence-corrected chi connectivity index (χ0v) is 16.3. The molecule has 4 nitrogen and oxygen atoms in total. The van der Waals surface area contributed by atoms with E-state index in [1.54, 1.807) is 0 Å². The van der Waals surface area contributed by atoms with Crippen LogP contribution >= 0.6 is 0 Å². The van der Waals surface area contributed by atoms with Gasteiger partial charge < -0.3 is 0 Å². The molecule has 0 rings (SSSR count). The molecule has 0 aromatic heterocycles. The van der Waals surface area contributed by atoms with Crippen molar-refractivity contribution in [3.8, 4) is 0 Å². The van der Waals surface area contributed by atoms with Crippen molar-refractivity contribution in [2.24, 2.45) is 0 Å². The zero-order valence-electron chi connectivity index (χ0n) is 13.7. The molecule has 0 amide bonds. The Morgan fingerprint density at radius 2 is 1.26 bits per heavy atom. The standard InChI is InChI=1S/C9H21OSi.C4H9O.2H2O.Ti/c1-7(2)11(10,8(3)4)9(5)6;1-3-4(2)5;;;/h7-9H,1-6H3;4H,3H2,1-2H3;2*1H2;/q2*-1;;;+4/p-2. The molecular formula is C13H32O4SiTi. The van der Waals surface area contributed by atoms with E-state index >= 15 is 0 Å². The van der Waals surface area contributed by atoms with E-state index < -0.39 is 26.5 Å². The van der Waals surface area contributed by atoms with E-state index in [4.69, 9.17) is 6.33 Å². The van der Waals surface area contributed by atoms with Gasteiger partial charge in [0.15, 0.2) is 0 Å². The molecule has 0 heterocycles. The molecule has 0 aromatic carbocycles. The molecule has 0 fully saturated rings. The molecule has 19 heavy (non-hydrogen) atoms. The van der Waals surface area contributed by atoms with Crippen molar-refractivity contribution in [3.63, 3.8) is 0 Å². The Morgan fingerprint density at radius 1 is 0.895 bits per heavy atom. The summed E-state index contributed by atoms with van der Waals surface area (Å²) in [6.07, 6.45) is 0.574. The summed E-state index contributed by atoms with van der Waals surface area (Å²) in [5.41, 5.74) is 0.951. The summed E-state index contributed by atoms with van der Waals surface area (Å²) in [6.45, 7) is 16.5. The van der Waals surface area contributed by atoms with Crippen LogP contribution < -0.4 is 0 Å². The monoisotopic (exact) mass is 328 g/mol. The molecule has 116 valence electrons. The van der Waals surface area contributed by atoms with Gasteiger partial charge in [0.25, 0.3) is 0 Å². The Hall–Kier alpha value is 0.771. The summed E-state index contributed by atoms with van der Waals surface area (Å²) in [7, 11) is -2.28. The Balaban J connectivity index is 5.21. The Labute approximate surface area is 124 Å². The molecule has 6 heteroatoms. The van der Waals surface area contributed by atoms with Crippen LogP contribution in [0.2, 0.25) is 16.6 Å². The van der Waals surface area contributed by atoms with Gasteiger partial charge >= 0.3 is 125 Å². The first-order valence-electron chi connectivity index (χ1n) is 7.32. The van der Waals surface area contributed by atoms with Crippen LogP contribution in [-0.4, -0.2) is 21.8 Å². The van der Waals surface area contributed by atoms with Gasteiger partial charge in [-0.25, -0.2) is 0 Å². The average molecular weight is 328 g/mol. The summed E-state index contributed by atoms with van der Waals surface area (Å²) in [5, 5.41) is 0. The maximum absolute atomic E-state index is 10.2. The zero-order chi connectivity index (χ0) is 15.4. The van der Waals surface area contributed by atoms with Gasteiger partial charge in [-0.2, -0.15) is 0 Å². The van der Waals surface area contributed by atoms with E-state index in [1.807, 2.05) is 13.8 Å². The molecule has 1 atom stereocenters. The molecule has 0 bridgehead atoms. The van der Waals surface area contributed by atoms with E-state index in [0.717, 1.165) is 6.42 Å². The molecule has 2 N–H and O–H groups in total. The molecular weight excluding hydrogens is 296 g/mol. The van der Waals surface area contributed by atoms with E-state index in [0.29, 0.717) is 16.6 Å². The van der Waals surface area contributed by atoms with Gasteiger partial charge in [0, 0.05) is 0 Å². The molecule has 1 unspecified atom stereocenters. The van der Waals surface area contributed by atoms with Gasteiger partial charge in [-0.3, -0.25) is 0 Å².